The molecule has 0 bridgehead atoms. The Morgan fingerprint density at radius 3 is 2.50 bits per heavy atom. The monoisotopic (exact) mass is 312 g/mol. The van der Waals surface area contributed by atoms with Gasteiger partial charge in [-0.2, -0.15) is 0 Å². The fraction of sp³-hybridized carbons (Fsp3) is 0.125. The molecule has 1 aromatic heterocycles. The minimum atomic E-state index is -0.932. The molecule has 0 unspecified atom stereocenters. The van der Waals surface area contributed by atoms with E-state index in [4.69, 9.17) is 0 Å². The molecule has 0 saturated heterocycles. The topological polar surface area (TPSA) is 59.8 Å². The maximum absolute atomic E-state index is 11.4. The first-order chi connectivity index (χ1) is 10.7. The molecule has 1 atom stereocenters. The molecule has 1 N–H and O–H groups in total. The summed E-state index contributed by atoms with van der Waals surface area (Å²) in [7, 11) is -0.932. The number of benzene rings is 2. The highest BCUT2D eigenvalue weighted by atomic mass is 32.2. The molecular weight excluding hydrogens is 296 g/mol. The first kappa shape index (κ1) is 14.5. The fourth-order valence-electron chi connectivity index (χ4n) is 2.11. The minimum absolute atomic E-state index is 0.711. The lowest BCUT2D eigenvalue weighted by molar-refractivity contribution is 0.687. The van der Waals surface area contributed by atoms with E-state index in [2.05, 4.69) is 15.5 Å². The maximum atomic E-state index is 11.4. The Bertz CT molecular complexity index is 769. The number of rotatable bonds is 5. The average molecular weight is 312 g/mol. The lowest BCUT2D eigenvalue weighted by atomic mass is 10.2. The van der Waals surface area contributed by atoms with E-state index in [1.54, 1.807) is 18.9 Å². The number of nitrogens with one attached hydrogen (secondary N) is 1. The minimum Gasteiger partial charge on any atom is -0.381 e. The van der Waals surface area contributed by atoms with Crippen LogP contribution in [0.3, 0.4) is 0 Å². The Hall–Kier alpha value is -2.47. The normalized spacial score (nSPS) is 12.0. The van der Waals surface area contributed by atoms with Crippen molar-refractivity contribution in [3.63, 3.8) is 0 Å². The Morgan fingerprint density at radius 1 is 1.09 bits per heavy atom. The van der Waals surface area contributed by atoms with Crippen LogP contribution < -0.4 is 5.32 Å². The summed E-state index contributed by atoms with van der Waals surface area (Å²) in [5, 5.41) is 11.0. The van der Waals surface area contributed by atoms with Gasteiger partial charge in [-0.15, -0.1) is 10.2 Å². The van der Waals surface area contributed by atoms with Gasteiger partial charge < -0.3 is 5.32 Å². The Kier molecular flexibility index (Phi) is 4.29. The van der Waals surface area contributed by atoms with Gasteiger partial charge >= 0.3 is 0 Å². The molecule has 2 aromatic carbocycles. The van der Waals surface area contributed by atoms with Crippen molar-refractivity contribution in [3.8, 4) is 5.69 Å². The number of hydrogen-bond acceptors (Lipinski definition) is 4. The van der Waals surface area contributed by atoms with Gasteiger partial charge in [0.25, 0.3) is 0 Å². The van der Waals surface area contributed by atoms with Gasteiger partial charge in [-0.25, -0.2) is 0 Å². The predicted octanol–water partition coefficient (Wildman–Crippen LogP) is 2.62. The summed E-state index contributed by atoms with van der Waals surface area (Å²) in [5.41, 5.74) is 3.17. The molecular formula is C16H16N4OS. The molecule has 3 rings (SSSR count). The number of hydrogen-bond donors (Lipinski definition) is 1. The van der Waals surface area contributed by atoms with E-state index in [0.29, 0.717) is 6.54 Å². The average Bonchev–Trinajstić information content (AvgIpc) is 3.08. The molecule has 0 spiro atoms. The Morgan fingerprint density at radius 2 is 1.82 bits per heavy atom. The van der Waals surface area contributed by atoms with Gasteiger partial charge in [0.15, 0.2) is 0 Å². The quantitative estimate of drug-likeness (QED) is 0.787. The van der Waals surface area contributed by atoms with Crippen molar-refractivity contribution >= 4 is 16.5 Å². The molecule has 1 heterocycles. The van der Waals surface area contributed by atoms with Crippen LogP contribution in [-0.2, 0) is 17.3 Å². The second-order valence-electron chi connectivity index (χ2n) is 4.87. The number of anilines is 1. The zero-order valence-corrected chi connectivity index (χ0v) is 13.0. The zero-order valence-electron chi connectivity index (χ0n) is 12.1. The van der Waals surface area contributed by atoms with Gasteiger partial charge in [-0.1, -0.05) is 18.2 Å². The molecule has 0 radical (unpaired) electrons. The van der Waals surface area contributed by atoms with Crippen LogP contribution in [0.5, 0.6) is 0 Å². The first-order valence-corrected chi connectivity index (χ1v) is 8.39. The fourth-order valence-corrected chi connectivity index (χ4v) is 2.63. The maximum Gasteiger partial charge on any atom is 0.123 e. The van der Waals surface area contributed by atoms with Crippen LogP contribution in [-0.4, -0.2) is 25.2 Å². The second kappa shape index (κ2) is 6.53. The van der Waals surface area contributed by atoms with Crippen LogP contribution in [0.25, 0.3) is 5.69 Å². The molecule has 6 heteroatoms. The lowest BCUT2D eigenvalue weighted by Gasteiger charge is -2.09. The molecule has 3 aromatic rings. The van der Waals surface area contributed by atoms with E-state index in [1.807, 2.05) is 53.1 Å². The van der Waals surface area contributed by atoms with Crippen LogP contribution in [0.2, 0.25) is 0 Å². The van der Waals surface area contributed by atoms with Crippen molar-refractivity contribution in [2.75, 3.05) is 11.6 Å². The molecule has 22 heavy (non-hydrogen) atoms. The van der Waals surface area contributed by atoms with Gasteiger partial charge in [0, 0.05) is 34.2 Å². The van der Waals surface area contributed by atoms with Crippen molar-refractivity contribution in [1.82, 2.24) is 14.8 Å². The lowest BCUT2D eigenvalue weighted by Crippen LogP contribution is -2.00. The predicted molar refractivity (Wildman–Crippen MR) is 87.5 cm³/mol. The highest BCUT2D eigenvalue weighted by Gasteiger charge is 2.00. The third-order valence-corrected chi connectivity index (χ3v) is 4.25. The summed E-state index contributed by atoms with van der Waals surface area (Å²) in [6.45, 7) is 0.711. The van der Waals surface area contributed by atoms with Gasteiger partial charge in [-0.3, -0.25) is 8.78 Å². The zero-order chi connectivity index (χ0) is 15.4. The third kappa shape index (κ3) is 3.40. The van der Waals surface area contributed by atoms with Crippen molar-refractivity contribution < 1.29 is 4.21 Å². The van der Waals surface area contributed by atoms with E-state index in [0.717, 1.165) is 21.8 Å². The molecule has 0 fully saturated rings. The molecule has 0 aliphatic rings. The van der Waals surface area contributed by atoms with Gasteiger partial charge in [0.05, 0.1) is 5.69 Å². The van der Waals surface area contributed by atoms with Gasteiger partial charge in [-0.05, 0) is 35.9 Å². The number of nitrogens with zero attached hydrogens (tertiary/aromatic N) is 3. The van der Waals surface area contributed by atoms with Crippen LogP contribution in [0.15, 0.2) is 66.1 Å². The summed E-state index contributed by atoms with van der Waals surface area (Å²) in [6, 6.07) is 15.8. The highest BCUT2D eigenvalue weighted by Crippen LogP contribution is 2.15. The van der Waals surface area contributed by atoms with Crippen molar-refractivity contribution in [1.29, 1.82) is 0 Å². The largest absolute Gasteiger partial charge is 0.381 e. The Balaban J connectivity index is 1.69. The SMILES string of the molecule is C[S@@](=O)c1ccc(CNc2cccc(-n3cnnc3)c2)cc1. The van der Waals surface area contributed by atoms with Crippen LogP contribution in [0.4, 0.5) is 5.69 Å². The van der Waals surface area contributed by atoms with Gasteiger partial charge in [0.1, 0.15) is 12.7 Å². The molecule has 0 aliphatic carbocycles. The summed E-state index contributed by atoms with van der Waals surface area (Å²) < 4.78 is 13.2. The molecule has 0 aliphatic heterocycles. The van der Waals surface area contributed by atoms with Crippen LogP contribution in [0.1, 0.15) is 5.56 Å². The van der Waals surface area contributed by atoms with E-state index in [9.17, 15) is 4.21 Å². The number of aromatic nitrogens is 3. The Labute approximate surface area is 131 Å². The van der Waals surface area contributed by atoms with Crippen LogP contribution in [0, 0.1) is 0 Å². The van der Waals surface area contributed by atoms with Crippen molar-refractivity contribution in [2.45, 2.75) is 11.4 Å². The van der Waals surface area contributed by atoms with Crippen molar-refractivity contribution in [2.24, 2.45) is 0 Å². The van der Waals surface area contributed by atoms with Gasteiger partial charge in [0.2, 0.25) is 0 Å². The summed E-state index contributed by atoms with van der Waals surface area (Å²) in [6.07, 6.45) is 5.02. The second-order valence-corrected chi connectivity index (χ2v) is 6.25. The molecule has 0 amide bonds. The molecule has 5 nitrogen and oxygen atoms in total. The van der Waals surface area contributed by atoms with E-state index >= 15 is 0 Å². The highest BCUT2D eigenvalue weighted by molar-refractivity contribution is 7.84. The van der Waals surface area contributed by atoms with E-state index in [1.165, 1.54) is 0 Å². The van der Waals surface area contributed by atoms with Crippen molar-refractivity contribution in [3.05, 3.63) is 66.7 Å². The molecule has 0 saturated carbocycles. The van der Waals surface area contributed by atoms with E-state index in [-0.39, 0.29) is 0 Å². The summed E-state index contributed by atoms with van der Waals surface area (Å²) in [4.78, 5) is 0.846. The summed E-state index contributed by atoms with van der Waals surface area (Å²) in [5.74, 6) is 0. The van der Waals surface area contributed by atoms with E-state index < -0.39 is 10.8 Å². The first-order valence-electron chi connectivity index (χ1n) is 6.84. The molecule has 112 valence electrons. The van der Waals surface area contributed by atoms with Crippen LogP contribution >= 0.6 is 0 Å². The standard InChI is InChI=1S/C16H16N4OS/c1-22(21)16-7-5-13(6-8-16)10-17-14-3-2-4-15(9-14)20-11-18-19-12-20/h2-9,11-12,17H,10H2,1H3/t22-/m1/s1. The summed E-state index contributed by atoms with van der Waals surface area (Å²) >= 11 is 0. The third-order valence-electron chi connectivity index (χ3n) is 3.31. The smallest absolute Gasteiger partial charge is 0.123 e.